The molecule has 1 aromatic rings. The molecule has 1 aliphatic carbocycles. The molecule has 19 heavy (non-hydrogen) atoms. The maximum absolute atomic E-state index is 11.0. The number of hydrogen-bond donors (Lipinski definition) is 2. The number of carbonyl (C=O) groups excluding carboxylic acids is 1. The SMILES string of the molecule is CNC1CCC(N(C)c2ccc(C(N)=O)nn2)CC1. The van der Waals surface area contributed by atoms with E-state index in [1.165, 1.54) is 12.8 Å². The number of carbonyl (C=O) groups is 1. The molecule has 0 bridgehead atoms. The van der Waals surface area contributed by atoms with Crippen LogP contribution < -0.4 is 16.0 Å². The van der Waals surface area contributed by atoms with Crippen LogP contribution in [0, 0.1) is 0 Å². The van der Waals surface area contributed by atoms with Crippen LogP contribution in [0.15, 0.2) is 12.1 Å². The van der Waals surface area contributed by atoms with Crippen LogP contribution in [0.4, 0.5) is 5.82 Å². The third kappa shape index (κ3) is 3.20. The Hall–Kier alpha value is -1.69. The average molecular weight is 263 g/mol. The molecule has 3 N–H and O–H groups in total. The topological polar surface area (TPSA) is 84.1 Å². The lowest BCUT2D eigenvalue weighted by Gasteiger charge is -2.35. The summed E-state index contributed by atoms with van der Waals surface area (Å²) in [4.78, 5) is 13.1. The molecule has 0 aliphatic heterocycles. The Morgan fingerprint density at radius 1 is 1.32 bits per heavy atom. The fraction of sp³-hybridized carbons (Fsp3) is 0.615. The molecule has 1 fully saturated rings. The summed E-state index contributed by atoms with van der Waals surface area (Å²) in [6.07, 6.45) is 4.64. The molecule has 0 radical (unpaired) electrons. The molecule has 6 heteroatoms. The lowest BCUT2D eigenvalue weighted by Crippen LogP contribution is -2.40. The standard InChI is InChI=1S/C13H21N5O/c1-15-9-3-5-10(6-4-9)18(2)12-8-7-11(13(14)19)16-17-12/h7-10,15H,3-6H2,1-2H3,(H2,14,19). The summed E-state index contributed by atoms with van der Waals surface area (Å²) in [6, 6.07) is 4.55. The molecule has 6 nitrogen and oxygen atoms in total. The second-order valence-corrected chi connectivity index (χ2v) is 5.05. The summed E-state index contributed by atoms with van der Waals surface area (Å²) in [7, 11) is 4.04. The van der Waals surface area contributed by atoms with E-state index in [1.807, 2.05) is 14.1 Å². The first kappa shape index (κ1) is 13.7. The van der Waals surface area contributed by atoms with Gasteiger partial charge in [0, 0.05) is 19.1 Å². The fourth-order valence-corrected chi connectivity index (χ4v) is 2.58. The molecule has 1 aliphatic rings. The van der Waals surface area contributed by atoms with Crippen molar-refractivity contribution in [3.63, 3.8) is 0 Å². The minimum absolute atomic E-state index is 0.205. The minimum atomic E-state index is -0.545. The van der Waals surface area contributed by atoms with Gasteiger partial charge in [-0.3, -0.25) is 4.79 Å². The van der Waals surface area contributed by atoms with E-state index in [1.54, 1.807) is 12.1 Å². The third-order valence-corrected chi connectivity index (χ3v) is 3.92. The predicted octanol–water partition coefficient (Wildman–Crippen LogP) is 0.542. The monoisotopic (exact) mass is 263 g/mol. The summed E-state index contributed by atoms with van der Waals surface area (Å²) in [5.41, 5.74) is 5.36. The second-order valence-electron chi connectivity index (χ2n) is 5.05. The Labute approximate surface area is 113 Å². The number of rotatable bonds is 4. The van der Waals surface area contributed by atoms with Gasteiger partial charge in [-0.25, -0.2) is 0 Å². The normalized spacial score (nSPS) is 23.1. The van der Waals surface area contributed by atoms with Gasteiger partial charge in [0.05, 0.1) is 0 Å². The second kappa shape index (κ2) is 5.97. The number of nitrogens with one attached hydrogen (secondary N) is 1. The Kier molecular flexibility index (Phi) is 4.31. The first-order chi connectivity index (χ1) is 9.11. The van der Waals surface area contributed by atoms with Crippen molar-refractivity contribution in [2.24, 2.45) is 5.73 Å². The van der Waals surface area contributed by atoms with E-state index < -0.39 is 5.91 Å². The van der Waals surface area contributed by atoms with Crippen LogP contribution in [0.5, 0.6) is 0 Å². The summed E-state index contributed by atoms with van der Waals surface area (Å²) in [5.74, 6) is 0.245. The van der Waals surface area contributed by atoms with E-state index in [9.17, 15) is 4.79 Å². The fourth-order valence-electron chi connectivity index (χ4n) is 2.58. The Balaban J connectivity index is 1.99. The van der Waals surface area contributed by atoms with Gasteiger partial charge in [-0.15, -0.1) is 10.2 Å². The van der Waals surface area contributed by atoms with E-state index >= 15 is 0 Å². The number of nitrogens with two attached hydrogens (primary N) is 1. The van der Waals surface area contributed by atoms with E-state index in [4.69, 9.17) is 5.73 Å². The summed E-state index contributed by atoms with van der Waals surface area (Å²) in [5, 5.41) is 11.2. The number of primary amides is 1. The number of nitrogens with zero attached hydrogens (tertiary/aromatic N) is 3. The van der Waals surface area contributed by atoms with Gasteiger partial charge in [0.25, 0.3) is 5.91 Å². The van der Waals surface area contributed by atoms with Crippen LogP contribution in [0.3, 0.4) is 0 Å². The Morgan fingerprint density at radius 3 is 2.47 bits per heavy atom. The molecule has 104 valence electrons. The van der Waals surface area contributed by atoms with Gasteiger partial charge in [0.15, 0.2) is 11.5 Å². The molecular weight excluding hydrogens is 242 g/mol. The Bertz CT molecular complexity index is 425. The highest BCUT2D eigenvalue weighted by atomic mass is 16.1. The van der Waals surface area contributed by atoms with Crippen LogP contribution in [-0.4, -0.2) is 42.3 Å². The maximum atomic E-state index is 11.0. The van der Waals surface area contributed by atoms with Crippen molar-refractivity contribution in [2.45, 2.75) is 37.8 Å². The van der Waals surface area contributed by atoms with Crippen molar-refractivity contribution >= 4 is 11.7 Å². The zero-order valence-electron chi connectivity index (χ0n) is 11.5. The van der Waals surface area contributed by atoms with Gasteiger partial charge in [-0.2, -0.15) is 0 Å². The summed E-state index contributed by atoms with van der Waals surface area (Å²) < 4.78 is 0. The van der Waals surface area contributed by atoms with Crippen LogP contribution in [0.2, 0.25) is 0 Å². The third-order valence-electron chi connectivity index (χ3n) is 3.92. The highest BCUT2D eigenvalue weighted by Crippen LogP contribution is 2.24. The average Bonchev–Trinajstić information content (AvgIpc) is 2.46. The van der Waals surface area contributed by atoms with Crippen LogP contribution >= 0.6 is 0 Å². The van der Waals surface area contributed by atoms with E-state index in [-0.39, 0.29) is 5.69 Å². The van der Waals surface area contributed by atoms with E-state index in [2.05, 4.69) is 20.4 Å². The van der Waals surface area contributed by atoms with Gasteiger partial charge in [0.2, 0.25) is 0 Å². The van der Waals surface area contributed by atoms with Crippen LogP contribution in [0.1, 0.15) is 36.2 Å². The van der Waals surface area contributed by atoms with Gasteiger partial charge in [0.1, 0.15) is 0 Å². The molecule has 1 saturated carbocycles. The van der Waals surface area contributed by atoms with Gasteiger partial charge >= 0.3 is 0 Å². The number of aromatic nitrogens is 2. The lowest BCUT2D eigenvalue weighted by atomic mass is 9.90. The molecule has 0 spiro atoms. The number of hydrogen-bond acceptors (Lipinski definition) is 5. The molecule has 0 saturated heterocycles. The van der Waals surface area contributed by atoms with Gasteiger partial charge < -0.3 is 16.0 Å². The Morgan fingerprint density at radius 2 is 2.00 bits per heavy atom. The molecule has 1 heterocycles. The molecule has 1 amide bonds. The maximum Gasteiger partial charge on any atom is 0.269 e. The molecular formula is C13H21N5O. The number of amides is 1. The van der Waals surface area contributed by atoms with E-state index in [0.717, 1.165) is 18.7 Å². The quantitative estimate of drug-likeness (QED) is 0.828. The zero-order valence-corrected chi connectivity index (χ0v) is 11.5. The summed E-state index contributed by atoms with van der Waals surface area (Å²) >= 11 is 0. The number of anilines is 1. The van der Waals surface area contributed by atoms with Crippen molar-refractivity contribution in [1.82, 2.24) is 15.5 Å². The summed E-state index contributed by atoms with van der Waals surface area (Å²) in [6.45, 7) is 0. The van der Waals surface area contributed by atoms with Crippen molar-refractivity contribution in [1.29, 1.82) is 0 Å². The van der Waals surface area contributed by atoms with Crippen molar-refractivity contribution in [3.05, 3.63) is 17.8 Å². The highest BCUT2D eigenvalue weighted by molar-refractivity contribution is 5.90. The van der Waals surface area contributed by atoms with Gasteiger partial charge in [-0.05, 0) is 44.9 Å². The van der Waals surface area contributed by atoms with Gasteiger partial charge in [-0.1, -0.05) is 0 Å². The van der Waals surface area contributed by atoms with Crippen molar-refractivity contribution in [3.8, 4) is 0 Å². The minimum Gasteiger partial charge on any atom is -0.364 e. The van der Waals surface area contributed by atoms with Crippen molar-refractivity contribution < 1.29 is 4.79 Å². The molecule has 0 aromatic carbocycles. The highest BCUT2D eigenvalue weighted by Gasteiger charge is 2.24. The smallest absolute Gasteiger partial charge is 0.269 e. The molecule has 0 atom stereocenters. The van der Waals surface area contributed by atoms with Crippen LogP contribution in [-0.2, 0) is 0 Å². The molecule has 1 aromatic heterocycles. The largest absolute Gasteiger partial charge is 0.364 e. The van der Waals surface area contributed by atoms with E-state index in [0.29, 0.717) is 12.1 Å². The molecule has 2 rings (SSSR count). The zero-order chi connectivity index (χ0) is 13.8. The molecule has 0 unspecified atom stereocenters. The lowest BCUT2D eigenvalue weighted by molar-refractivity contribution is 0.0994. The predicted molar refractivity (Wildman–Crippen MR) is 74.1 cm³/mol. The first-order valence-corrected chi connectivity index (χ1v) is 6.65. The van der Waals surface area contributed by atoms with Crippen molar-refractivity contribution in [2.75, 3.05) is 19.0 Å². The van der Waals surface area contributed by atoms with Crippen LogP contribution in [0.25, 0.3) is 0 Å². The first-order valence-electron chi connectivity index (χ1n) is 6.65.